The molecule has 0 aliphatic heterocycles. The monoisotopic (exact) mass is 782 g/mol. The van der Waals surface area contributed by atoms with Gasteiger partial charge in [0.25, 0.3) is 0 Å². The zero-order valence-corrected chi connectivity index (χ0v) is 33.6. The molecule has 4 nitrogen and oxygen atoms in total. The molecule has 9 aromatic carbocycles. The summed E-state index contributed by atoms with van der Waals surface area (Å²) < 4.78 is 12.6. The first-order chi connectivity index (χ1) is 29.6. The molecule has 2 N–H and O–H groups in total. The topological polar surface area (TPSA) is 58.9 Å². The molecular weight excluding hydrogens is 737 g/mol. The summed E-state index contributed by atoms with van der Waals surface area (Å²) in [6.07, 6.45) is 0. The second-order valence-electron chi connectivity index (χ2n) is 15.2. The number of benzene rings is 9. The predicted octanol–water partition coefficient (Wildman–Crippen LogP) is 12.8. The zero-order valence-electron chi connectivity index (χ0n) is 33.6. The van der Waals surface area contributed by atoms with E-state index in [0.717, 1.165) is 71.6 Å². The average molecular weight is 783 g/mol. The van der Waals surface area contributed by atoms with E-state index in [1.165, 1.54) is 11.1 Å². The highest BCUT2D eigenvalue weighted by atomic mass is 16.5. The molecular formula is C56H46O4. The van der Waals surface area contributed by atoms with E-state index in [-0.39, 0.29) is 26.4 Å². The summed E-state index contributed by atoms with van der Waals surface area (Å²) in [5.41, 5.74) is 11.3. The Morgan fingerprint density at radius 3 is 1.10 bits per heavy atom. The first-order valence-electron chi connectivity index (χ1n) is 20.6. The smallest absolute Gasteiger partial charge is 0.127 e. The Morgan fingerprint density at radius 2 is 0.700 bits per heavy atom. The minimum Gasteiger partial charge on any atom is -0.491 e. The predicted molar refractivity (Wildman–Crippen MR) is 247 cm³/mol. The normalized spacial score (nSPS) is 11.5. The van der Waals surface area contributed by atoms with Crippen molar-refractivity contribution in [1.29, 1.82) is 0 Å². The lowest BCUT2D eigenvalue weighted by Gasteiger charge is -2.33. The summed E-state index contributed by atoms with van der Waals surface area (Å²) in [7, 11) is 0. The Hall–Kier alpha value is -6.98. The van der Waals surface area contributed by atoms with E-state index >= 15 is 0 Å². The second kappa shape index (κ2) is 17.1. The first kappa shape index (κ1) is 38.5. The molecule has 0 aliphatic rings. The molecule has 0 saturated heterocycles. The Kier molecular flexibility index (Phi) is 11.0. The van der Waals surface area contributed by atoms with Crippen molar-refractivity contribution in [1.82, 2.24) is 0 Å². The van der Waals surface area contributed by atoms with Crippen molar-refractivity contribution >= 4 is 21.5 Å². The molecule has 0 spiro atoms. The zero-order chi connectivity index (χ0) is 40.9. The van der Waals surface area contributed by atoms with Crippen LogP contribution in [0.4, 0.5) is 0 Å². The molecule has 0 heterocycles. The molecule has 60 heavy (non-hydrogen) atoms. The quantitative estimate of drug-likeness (QED) is 0.114. The van der Waals surface area contributed by atoms with Gasteiger partial charge in [0.2, 0.25) is 0 Å². The van der Waals surface area contributed by atoms with Crippen molar-refractivity contribution in [3.63, 3.8) is 0 Å². The van der Waals surface area contributed by atoms with Crippen LogP contribution in [0.2, 0.25) is 0 Å². The van der Waals surface area contributed by atoms with Crippen LogP contribution in [-0.4, -0.2) is 36.6 Å². The molecule has 0 bridgehead atoms. The largest absolute Gasteiger partial charge is 0.491 e. The van der Waals surface area contributed by atoms with Crippen LogP contribution >= 0.6 is 0 Å². The third-order valence-electron chi connectivity index (χ3n) is 11.8. The van der Waals surface area contributed by atoms with Crippen LogP contribution < -0.4 is 9.47 Å². The van der Waals surface area contributed by atoms with Crippen LogP contribution in [0.25, 0.3) is 66.1 Å². The molecule has 0 radical (unpaired) electrons. The maximum Gasteiger partial charge on any atom is 0.127 e. The summed E-state index contributed by atoms with van der Waals surface area (Å²) in [6.45, 7) is 2.46. The van der Waals surface area contributed by atoms with Crippen LogP contribution in [0.15, 0.2) is 200 Å². The van der Waals surface area contributed by atoms with Gasteiger partial charge in [0, 0.05) is 16.5 Å². The molecule has 0 saturated carbocycles. The van der Waals surface area contributed by atoms with Gasteiger partial charge in [0.15, 0.2) is 0 Å². The number of hydrogen-bond acceptors (Lipinski definition) is 4. The van der Waals surface area contributed by atoms with E-state index in [1.807, 2.05) is 12.1 Å². The van der Waals surface area contributed by atoms with Crippen molar-refractivity contribution in [3.8, 4) is 56.0 Å². The minimum atomic E-state index is -0.644. The Bertz CT molecular complexity index is 2730. The van der Waals surface area contributed by atoms with Crippen molar-refractivity contribution in [3.05, 3.63) is 217 Å². The molecule has 0 aromatic heterocycles. The maximum atomic E-state index is 9.89. The average Bonchev–Trinajstić information content (AvgIpc) is 3.32. The van der Waals surface area contributed by atoms with E-state index in [9.17, 15) is 10.2 Å². The van der Waals surface area contributed by atoms with Crippen LogP contribution in [0.1, 0.15) is 23.6 Å². The van der Waals surface area contributed by atoms with Gasteiger partial charge in [-0.1, -0.05) is 176 Å². The summed E-state index contributed by atoms with van der Waals surface area (Å²) >= 11 is 0. The van der Waals surface area contributed by atoms with E-state index < -0.39 is 5.41 Å². The SMILES string of the molecule is CC(c1ccccc1)(c1ccc(OCCO)c(-c2ccc(-c3ccccc3)c3ccccc23)c1)c1ccc(OCCO)c(-c2ccc(-c3ccccc3)c3ccccc23)c1. The molecule has 0 amide bonds. The number of ether oxygens (including phenoxy) is 2. The fourth-order valence-corrected chi connectivity index (χ4v) is 8.74. The lowest BCUT2D eigenvalue weighted by atomic mass is 9.70. The van der Waals surface area contributed by atoms with Gasteiger partial charge in [0.05, 0.1) is 13.2 Å². The van der Waals surface area contributed by atoms with Gasteiger partial charge in [-0.15, -0.1) is 0 Å². The van der Waals surface area contributed by atoms with Crippen molar-refractivity contribution < 1.29 is 19.7 Å². The Labute approximate surface area is 351 Å². The maximum absolute atomic E-state index is 9.89. The molecule has 0 unspecified atom stereocenters. The summed E-state index contributed by atoms with van der Waals surface area (Å²) in [5, 5.41) is 24.3. The molecule has 0 atom stereocenters. The number of aliphatic hydroxyl groups is 2. The third-order valence-corrected chi connectivity index (χ3v) is 11.8. The second-order valence-corrected chi connectivity index (χ2v) is 15.2. The van der Waals surface area contributed by atoms with E-state index in [2.05, 4.69) is 195 Å². The highest BCUT2D eigenvalue weighted by Crippen LogP contribution is 2.47. The van der Waals surface area contributed by atoms with Crippen molar-refractivity contribution in [2.24, 2.45) is 0 Å². The minimum absolute atomic E-state index is 0.0922. The number of hydrogen-bond donors (Lipinski definition) is 2. The molecule has 9 aromatic rings. The standard InChI is InChI=1S/C56H46O4/c1-56(41-19-9-4-10-20-41,42-25-31-54(59-35-33-57)52(37-42)50-29-27-44(39-15-5-2-6-16-39)46-21-11-13-23-48(46)50)43-26-32-55(60-36-34-58)53(38-43)51-30-28-45(40-17-7-3-8-18-40)47-22-12-14-24-49(47)51/h2-32,37-38,57-58H,33-36H2,1H3. The van der Waals surface area contributed by atoms with E-state index in [4.69, 9.17) is 9.47 Å². The summed E-state index contributed by atoms with van der Waals surface area (Å²) in [5.74, 6) is 1.42. The van der Waals surface area contributed by atoms with Gasteiger partial charge < -0.3 is 19.7 Å². The summed E-state index contributed by atoms with van der Waals surface area (Å²) in [4.78, 5) is 0. The van der Waals surface area contributed by atoms with E-state index in [1.54, 1.807) is 0 Å². The van der Waals surface area contributed by atoms with Gasteiger partial charge in [-0.2, -0.15) is 0 Å². The van der Waals surface area contributed by atoms with Gasteiger partial charge in [-0.3, -0.25) is 0 Å². The van der Waals surface area contributed by atoms with Crippen molar-refractivity contribution in [2.45, 2.75) is 12.3 Å². The fourth-order valence-electron chi connectivity index (χ4n) is 8.74. The Morgan fingerprint density at radius 1 is 0.350 bits per heavy atom. The van der Waals surface area contributed by atoms with Crippen LogP contribution in [0.3, 0.4) is 0 Å². The fraction of sp³-hybridized carbons (Fsp3) is 0.107. The highest BCUT2D eigenvalue weighted by Gasteiger charge is 2.33. The first-order valence-corrected chi connectivity index (χ1v) is 20.6. The van der Waals surface area contributed by atoms with Gasteiger partial charge in [-0.05, 0) is 103 Å². The number of rotatable bonds is 13. The summed E-state index contributed by atoms with van der Waals surface area (Å²) in [6, 6.07) is 70.5. The third kappa shape index (κ3) is 7.21. The van der Waals surface area contributed by atoms with Crippen LogP contribution in [0, 0.1) is 0 Å². The number of aliphatic hydroxyl groups excluding tert-OH is 2. The lowest BCUT2D eigenvalue weighted by molar-refractivity contribution is 0.202. The molecule has 4 heteroatoms. The lowest BCUT2D eigenvalue weighted by Crippen LogP contribution is -2.25. The van der Waals surface area contributed by atoms with Crippen LogP contribution in [-0.2, 0) is 5.41 Å². The van der Waals surface area contributed by atoms with Crippen molar-refractivity contribution in [2.75, 3.05) is 26.4 Å². The molecule has 294 valence electrons. The molecule has 0 fully saturated rings. The highest BCUT2D eigenvalue weighted by molar-refractivity contribution is 6.07. The van der Waals surface area contributed by atoms with E-state index in [0.29, 0.717) is 11.5 Å². The molecule has 0 aliphatic carbocycles. The molecule has 9 rings (SSSR count). The Balaban J connectivity index is 1.26. The van der Waals surface area contributed by atoms with Gasteiger partial charge >= 0.3 is 0 Å². The van der Waals surface area contributed by atoms with Crippen LogP contribution in [0.5, 0.6) is 11.5 Å². The number of fused-ring (bicyclic) bond motifs is 2. The van der Waals surface area contributed by atoms with Gasteiger partial charge in [0.1, 0.15) is 24.7 Å². The van der Waals surface area contributed by atoms with Gasteiger partial charge in [-0.25, -0.2) is 0 Å².